The highest BCUT2D eigenvalue weighted by Gasteiger charge is 2.17. The van der Waals surface area contributed by atoms with Gasteiger partial charge in [-0.1, -0.05) is 12.1 Å². The molecule has 6 heteroatoms. The van der Waals surface area contributed by atoms with Gasteiger partial charge < -0.3 is 9.84 Å². The van der Waals surface area contributed by atoms with Gasteiger partial charge in [0, 0.05) is 11.1 Å². The van der Waals surface area contributed by atoms with Gasteiger partial charge in [-0.3, -0.25) is 10.1 Å². The summed E-state index contributed by atoms with van der Waals surface area (Å²) in [6, 6.07) is 4.74. The molecule has 0 spiro atoms. The van der Waals surface area contributed by atoms with E-state index in [1.165, 1.54) is 19.1 Å². The summed E-state index contributed by atoms with van der Waals surface area (Å²) in [6.45, 7) is 3.02. The normalized spacial score (nSPS) is 11.1. The quantitative estimate of drug-likeness (QED) is 0.492. The summed E-state index contributed by atoms with van der Waals surface area (Å²) >= 11 is 0. The molecule has 1 aromatic carbocycles. The second-order valence-electron chi connectivity index (χ2n) is 3.68. The van der Waals surface area contributed by atoms with Crippen LogP contribution in [0.4, 0.5) is 5.69 Å². The van der Waals surface area contributed by atoms with E-state index in [-0.39, 0.29) is 23.6 Å². The van der Waals surface area contributed by atoms with Gasteiger partial charge in [-0.05, 0) is 26.0 Å². The number of para-hydroxylation sites is 1. The Labute approximate surface area is 104 Å². The van der Waals surface area contributed by atoms with E-state index in [0.717, 1.165) is 0 Å². The van der Waals surface area contributed by atoms with Crippen molar-refractivity contribution in [3.05, 3.63) is 45.5 Å². The number of aryl methyl sites for hydroxylation is 1. The molecule has 0 aliphatic rings. The molecule has 0 aromatic heterocycles. The maximum atomic E-state index is 10.9. The largest absolute Gasteiger partial charge is 0.483 e. The number of aliphatic carboxylic acids is 1. The number of ether oxygens (including phenoxy) is 1. The van der Waals surface area contributed by atoms with Crippen LogP contribution in [-0.4, -0.2) is 22.6 Å². The molecule has 0 bridgehead atoms. The summed E-state index contributed by atoms with van der Waals surface area (Å²) < 4.78 is 5.22. The Bertz CT molecular complexity index is 507. The molecule has 6 nitrogen and oxygen atoms in total. The second-order valence-corrected chi connectivity index (χ2v) is 3.68. The first kappa shape index (κ1) is 13.7. The fourth-order valence-electron chi connectivity index (χ4n) is 1.33. The van der Waals surface area contributed by atoms with Crippen LogP contribution in [0.25, 0.3) is 0 Å². The molecular formula is C12H13NO5. The van der Waals surface area contributed by atoms with Gasteiger partial charge in [-0.15, -0.1) is 0 Å². The highest BCUT2D eigenvalue weighted by Crippen LogP contribution is 2.30. The zero-order valence-electron chi connectivity index (χ0n) is 10.0. The molecule has 0 aliphatic carbocycles. The minimum atomic E-state index is -1.04. The number of carbonyl (C=O) groups is 1. The van der Waals surface area contributed by atoms with Crippen molar-refractivity contribution < 1.29 is 19.6 Å². The van der Waals surface area contributed by atoms with Gasteiger partial charge in [0.25, 0.3) is 0 Å². The van der Waals surface area contributed by atoms with Crippen LogP contribution in [0.1, 0.15) is 12.5 Å². The maximum Gasteiger partial charge on any atom is 0.331 e. The molecule has 1 N–H and O–H groups in total. The highest BCUT2D eigenvalue weighted by molar-refractivity contribution is 5.85. The van der Waals surface area contributed by atoms with E-state index < -0.39 is 10.9 Å². The van der Waals surface area contributed by atoms with Crippen molar-refractivity contribution >= 4 is 11.7 Å². The molecular weight excluding hydrogens is 238 g/mol. The van der Waals surface area contributed by atoms with Crippen molar-refractivity contribution in [2.75, 3.05) is 6.61 Å². The van der Waals surface area contributed by atoms with Gasteiger partial charge >= 0.3 is 11.7 Å². The Kier molecular flexibility index (Phi) is 4.42. The summed E-state index contributed by atoms with van der Waals surface area (Å²) in [7, 11) is 0. The van der Waals surface area contributed by atoms with Gasteiger partial charge in [0.15, 0.2) is 5.75 Å². The average Bonchev–Trinajstić information content (AvgIpc) is 2.28. The molecule has 0 aliphatic heterocycles. The predicted octanol–water partition coefficient (Wildman–Crippen LogP) is 2.31. The first-order valence-corrected chi connectivity index (χ1v) is 5.20. The number of benzene rings is 1. The fraction of sp³-hybridized carbons (Fsp3) is 0.250. The second kappa shape index (κ2) is 5.81. The lowest BCUT2D eigenvalue weighted by Crippen LogP contribution is -2.03. The molecule has 0 fully saturated rings. The number of hydrogen-bond donors (Lipinski definition) is 1. The molecule has 0 saturated heterocycles. The van der Waals surface area contributed by atoms with E-state index in [4.69, 9.17) is 9.84 Å². The van der Waals surface area contributed by atoms with Crippen molar-refractivity contribution in [2.24, 2.45) is 0 Å². The van der Waals surface area contributed by atoms with E-state index in [2.05, 4.69) is 0 Å². The number of rotatable bonds is 5. The van der Waals surface area contributed by atoms with E-state index in [1.54, 1.807) is 19.1 Å². The number of carboxylic acid groups (broad SMARTS) is 1. The molecule has 96 valence electrons. The van der Waals surface area contributed by atoms with Crippen molar-refractivity contribution in [2.45, 2.75) is 13.8 Å². The Morgan fingerprint density at radius 1 is 1.56 bits per heavy atom. The Morgan fingerprint density at radius 2 is 2.22 bits per heavy atom. The lowest BCUT2D eigenvalue weighted by Gasteiger charge is -2.06. The molecule has 0 heterocycles. The molecule has 18 heavy (non-hydrogen) atoms. The minimum absolute atomic E-state index is 0.0254. The van der Waals surface area contributed by atoms with Crippen molar-refractivity contribution in [3.63, 3.8) is 0 Å². The van der Waals surface area contributed by atoms with Crippen LogP contribution in [0.5, 0.6) is 5.75 Å². The van der Waals surface area contributed by atoms with E-state index in [1.807, 2.05) is 0 Å². The zero-order valence-corrected chi connectivity index (χ0v) is 10.0. The number of nitro groups is 1. The monoisotopic (exact) mass is 251 g/mol. The SMILES string of the molecule is CC(=CCOc1cccc(C)c1[N+](=O)[O-])C(=O)O. The molecule has 0 atom stereocenters. The maximum absolute atomic E-state index is 10.9. The summed E-state index contributed by atoms with van der Waals surface area (Å²) in [5.74, 6) is -0.910. The first-order chi connectivity index (χ1) is 8.43. The fourth-order valence-corrected chi connectivity index (χ4v) is 1.33. The van der Waals surface area contributed by atoms with Gasteiger partial charge in [-0.2, -0.15) is 0 Å². The first-order valence-electron chi connectivity index (χ1n) is 5.20. The Hall–Kier alpha value is -2.37. The highest BCUT2D eigenvalue weighted by atomic mass is 16.6. The van der Waals surface area contributed by atoms with Crippen LogP contribution in [0.2, 0.25) is 0 Å². The topological polar surface area (TPSA) is 89.7 Å². The van der Waals surface area contributed by atoms with Crippen molar-refractivity contribution in [1.82, 2.24) is 0 Å². The molecule has 0 amide bonds. The van der Waals surface area contributed by atoms with Crippen LogP contribution in [0.15, 0.2) is 29.8 Å². The number of nitro benzene ring substituents is 1. The number of nitrogens with zero attached hydrogens (tertiary/aromatic N) is 1. The van der Waals surface area contributed by atoms with Crippen molar-refractivity contribution in [1.29, 1.82) is 0 Å². The lowest BCUT2D eigenvalue weighted by atomic mass is 10.2. The smallest absolute Gasteiger partial charge is 0.331 e. The summed E-state index contributed by atoms with van der Waals surface area (Å²) in [5.41, 5.74) is 0.528. The van der Waals surface area contributed by atoms with E-state index in [0.29, 0.717) is 5.56 Å². The van der Waals surface area contributed by atoms with Crippen LogP contribution < -0.4 is 4.74 Å². The predicted molar refractivity (Wildman–Crippen MR) is 64.7 cm³/mol. The van der Waals surface area contributed by atoms with Gasteiger partial charge in [-0.25, -0.2) is 4.79 Å². The summed E-state index contributed by atoms with van der Waals surface area (Å²) in [5, 5.41) is 19.5. The lowest BCUT2D eigenvalue weighted by molar-refractivity contribution is -0.386. The summed E-state index contributed by atoms with van der Waals surface area (Å²) in [6.07, 6.45) is 1.36. The molecule has 0 unspecified atom stereocenters. The van der Waals surface area contributed by atoms with Crippen LogP contribution in [0, 0.1) is 17.0 Å². The molecule has 0 saturated carbocycles. The standard InChI is InChI=1S/C12H13NO5/c1-8-4-3-5-10(11(8)13(16)17)18-7-6-9(2)12(14)15/h3-6H,7H2,1-2H3,(H,14,15). The van der Waals surface area contributed by atoms with E-state index >= 15 is 0 Å². The zero-order chi connectivity index (χ0) is 13.7. The van der Waals surface area contributed by atoms with Gasteiger partial charge in [0.2, 0.25) is 0 Å². The third kappa shape index (κ3) is 3.31. The van der Waals surface area contributed by atoms with Crippen LogP contribution >= 0.6 is 0 Å². The van der Waals surface area contributed by atoms with Gasteiger partial charge in [0.1, 0.15) is 6.61 Å². The Balaban J connectivity index is 2.86. The van der Waals surface area contributed by atoms with Crippen molar-refractivity contribution in [3.8, 4) is 5.75 Å². The molecule has 1 aromatic rings. The average molecular weight is 251 g/mol. The minimum Gasteiger partial charge on any atom is -0.483 e. The summed E-state index contributed by atoms with van der Waals surface area (Å²) in [4.78, 5) is 20.9. The molecule has 0 radical (unpaired) electrons. The van der Waals surface area contributed by atoms with Crippen LogP contribution in [-0.2, 0) is 4.79 Å². The third-order valence-corrected chi connectivity index (χ3v) is 2.35. The third-order valence-electron chi connectivity index (χ3n) is 2.35. The Morgan fingerprint density at radius 3 is 2.78 bits per heavy atom. The van der Waals surface area contributed by atoms with Crippen LogP contribution in [0.3, 0.4) is 0 Å². The molecule has 1 rings (SSSR count). The number of carboxylic acids is 1. The number of hydrogen-bond acceptors (Lipinski definition) is 4. The van der Waals surface area contributed by atoms with E-state index in [9.17, 15) is 14.9 Å². The van der Waals surface area contributed by atoms with Gasteiger partial charge in [0.05, 0.1) is 4.92 Å².